The third-order valence-electron chi connectivity index (χ3n) is 3.49. The number of esters is 1. The van der Waals surface area contributed by atoms with Crippen LogP contribution in [0.2, 0.25) is 0 Å². The number of ketones is 1. The lowest BCUT2D eigenvalue weighted by atomic mass is 10.0. The fourth-order valence-corrected chi connectivity index (χ4v) is 2.19. The van der Waals surface area contributed by atoms with E-state index in [1.165, 1.54) is 13.8 Å². The molecule has 9 heteroatoms. The van der Waals surface area contributed by atoms with Gasteiger partial charge < -0.3 is 25.5 Å². The number of Topliss-reactive ketones (excluding diaryl/α,β-unsaturated/α-hetero) is 1. The van der Waals surface area contributed by atoms with Crippen LogP contribution < -0.4 is 16.0 Å². The van der Waals surface area contributed by atoms with Crippen LogP contribution in [0.15, 0.2) is 0 Å². The Morgan fingerprint density at radius 3 is 1.96 bits per heavy atom. The van der Waals surface area contributed by atoms with Crippen molar-refractivity contribution in [2.45, 2.75) is 72.6 Å². The van der Waals surface area contributed by atoms with Crippen LogP contribution in [0.1, 0.15) is 54.4 Å². The quantitative estimate of drug-likeness (QED) is 0.431. The fourth-order valence-electron chi connectivity index (χ4n) is 2.19. The normalized spacial score (nSPS) is 12.9. The minimum Gasteiger partial charge on any atom is -0.461 e. The van der Waals surface area contributed by atoms with E-state index in [-0.39, 0.29) is 43.1 Å². The van der Waals surface area contributed by atoms with E-state index in [0.717, 1.165) is 0 Å². The summed E-state index contributed by atoms with van der Waals surface area (Å²) >= 11 is 0. The standard InChI is InChI=1S/C18H31N3O6/c1-10(2)16(20-13(6)23)17(25)19-9-15(24)21-14(8-7-12(5)22)18(26)27-11(3)4/h10-11,14,16H,7-9H2,1-6H3,(H,19,25)(H,20,23)(H,21,24). The molecule has 0 aromatic carbocycles. The maximum Gasteiger partial charge on any atom is 0.328 e. The van der Waals surface area contributed by atoms with E-state index in [2.05, 4.69) is 16.0 Å². The van der Waals surface area contributed by atoms with Crippen molar-refractivity contribution in [3.8, 4) is 0 Å². The Morgan fingerprint density at radius 1 is 0.926 bits per heavy atom. The van der Waals surface area contributed by atoms with Gasteiger partial charge in [0.15, 0.2) is 0 Å². The summed E-state index contributed by atoms with van der Waals surface area (Å²) in [6.45, 7) is 9.20. The highest BCUT2D eigenvalue weighted by Gasteiger charge is 2.26. The summed E-state index contributed by atoms with van der Waals surface area (Å²) in [5.41, 5.74) is 0. The topological polar surface area (TPSA) is 131 Å². The Kier molecular flexibility index (Phi) is 10.9. The van der Waals surface area contributed by atoms with Gasteiger partial charge in [0.2, 0.25) is 17.7 Å². The van der Waals surface area contributed by atoms with Crippen molar-refractivity contribution in [3.63, 3.8) is 0 Å². The molecule has 0 saturated carbocycles. The van der Waals surface area contributed by atoms with Gasteiger partial charge in [-0.1, -0.05) is 13.8 Å². The number of hydrogen-bond donors (Lipinski definition) is 3. The molecular weight excluding hydrogens is 354 g/mol. The SMILES string of the molecule is CC(=O)CCC(NC(=O)CNC(=O)C(NC(C)=O)C(C)C)C(=O)OC(C)C. The predicted molar refractivity (Wildman–Crippen MR) is 98.5 cm³/mol. The van der Waals surface area contributed by atoms with Crippen LogP contribution in [0.4, 0.5) is 0 Å². The zero-order chi connectivity index (χ0) is 21.1. The maximum absolute atomic E-state index is 12.2. The van der Waals surface area contributed by atoms with Gasteiger partial charge in [0, 0.05) is 13.3 Å². The molecule has 154 valence electrons. The summed E-state index contributed by atoms with van der Waals surface area (Å²) in [6, 6.07) is -1.74. The highest BCUT2D eigenvalue weighted by atomic mass is 16.5. The summed E-state index contributed by atoms with van der Waals surface area (Å²) in [5.74, 6) is -2.36. The maximum atomic E-state index is 12.2. The van der Waals surface area contributed by atoms with Crippen molar-refractivity contribution >= 4 is 29.5 Å². The molecule has 3 amide bonds. The molecule has 2 atom stereocenters. The van der Waals surface area contributed by atoms with Crippen LogP contribution in [-0.2, 0) is 28.7 Å². The molecule has 0 bridgehead atoms. The van der Waals surface area contributed by atoms with Gasteiger partial charge in [-0.3, -0.25) is 14.4 Å². The van der Waals surface area contributed by atoms with Crippen molar-refractivity contribution in [3.05, 3.63) is 0 Å². The third kappa shape index (κ3) is 11.0. The smallest absolute Gasteiger partial charge is 0.328 e. The molecule has 27 heavy (non-hydrogen) atoms. The van der Waals surface area contributed by atoms with Crippen LogP contribution in [0.25, 0.3) is 0 Å². The lowest BCUT2D eigenvalue weighted by Gasteiger charge is -2.22. The minimum absolute atomic E-state index is 0.112. The van der Waals surface area contributed by atoms with Gasteiger partial charge in [0.25, 0.3) is 0 Å². The molecule has 2 unspecified atom stereocenters. The first kappa shape index (κ1) is 24.6. The number of rotatable bonds is 11. The molecular formula is C18H31N3O6. The van der Waals surface area contributed by atoms with Crippen molar-refractivity contribution < 1.29 is 28.7 Å². The molecule has 0 rings (SSSR count). The minimum atomic E-state index is -0.975. The zero-order valence-corrected chi connectivity index (χ0v) is 16.9. The van der Waals surface area contributed by atoms with E-state index in [1.54, 1.807) is 27.7 Å². The van der Waals surface area contributed by atoms with E-state index in [9.17, 15) is 24.0 Å². The summed E-state index contributed by atoms with van der Waals surface area (Å²) in [4.78, 5) is 58.7. The fraction of sp³-hybridized carbons (Fsp3) is 0.722. The van der Waals surface area contributed by atoms with Gasteiger partial charge in [-0.2, -0.15) is 0 Å². The van der Waals surface area contributed by atoms with E-state index in [1.807, 2.05) is 0 Å². The molecule has 0 heterocycles. The first-order chi connectivity index (χ1) is 12.4. The predicted octanol–water partition coefficient (Wildman–Crippen LogP) is 0.0689. The van der Waals surface area contributed by atoms with Crippen LogP contribution in [0.3, 0.4) is 0 Å². The van der Waals surface area contributed by atoms with Crippen molar-refractivity contribution in [1.29, 1.82) is 0 Å². The lowest BCUT2D eigenvalue weighted by Crippen LogP contribution is -2.52. The van der Waals surface area contributed by atoms with Crippen molar-refractivity contribution in [1.82, 2.24) is 16.0 Å². The molecule has 0 aromatic rings. The first-order valence-electron chi connectivity index (χ1n) is 8.98. The van der Waals surface area contributed by atoms with Gasteiger partial charge in [-0.15, -0.1) is 0 Å². The number of amides is 3. The Balaban J connectivity index is 4.78. The molecule has 9 nitrogen and oxygen atoms in total. The van der Waals surface area contributed by atoms with Crippen LogP contribution in [0, 0.1) is 5.92 Å². The van der Waals surface area contributed by atoms with Crippen LogP contribution >= 0.6 is 0 Å². The lowest BCUT2D eigenvalue weighted by molar-refractivity contribution is -0.151. The van der Waals surface area contributed by atoms with Gasteiger partial charge in [-0.25, -0.2) is 4.79 Å². The Bertz CT molecular complexity index is 559. The van der Waals surface area contributed by atoms with Gasteiger partial charge >= 0.3 is 5.97 Å². The zero-order valence-electron chi connectivity index (χ0n) is 16.9. The van der Waals surface area contributed by atoms with Gasteiger partial charge in [0.1, 0.15) is 17.9 Å². The second-order valence-electron chi connectivity index (χ2n) is 6.99. The van der Waals surface area contributed by atoms with Crippen LogP contribution in [0.5, 0.6) is 0 Å². The number of nitrogens with one attached hydrogen (secondary N) is 3. The molecule has 0 spiro atoms. The first-order valence-corrected chi connectivity index (χ1v) is 8.98. The summed E-state index contributed by atoms with van der Waals surface area (Å²) in [5, 5.41) is 7.43. The number of carbonyl (C=O) groups excluding carboxylic acids is 5. The number of ether oxygens (including phenoxy) is 1. The Morgan fingerprint density at radius 2 is 1.52 bits per heavy atom. The molecule has 0 saturated heterocycles. The molecule has 0 radical (unpaired) electrons. The number of carbonyl (C=O) groups is 5. The van der Waals surface area contributed by atoms with E-state index < -0.39 is 29.9 Å². The van der Waals surface area contributed by atoms with Crippen LogP contribution in [-0.4, -0.2) is 54.2 Å². The van der Waals surface area contributed by atoms with Gasteiger partial charge in [-0.05, 0) is 33.1 Å². The van der Waals surface area contributed by atoms with E-state index in [0.29, 0.717) is 0 Å². The van der Waals surface area contributed by atoms with Crippen molar-refractivity contribution in [2.24, 2.45) is 5.92 Å². The highest BCUT2D eigenvalue weighted by molar-refractivity contribution is 5.91. The second kappa shape index (κ2) is 12.0. The monoisotopic (exact) mass is 385 g/mol. The molecule has 0 fully saturated rings. The largest absolute Gasteiger partial charge is 0.461 e. The average molecular weight is 385 g/mol. The molecule has 3 N–H and O–H groups in total. The highest BCUT2D eigenvalue weighted by Crippen LogP contribution is 2.04. The van der Waals surface area contributed by atoms with Gasteiger partial charge in [0.05, 0.1) is 12.6 Å². The molecule has 0 aromatic heterocycles. The Labute approximate surface area is 160 Å². The summed E-state index contributed by atoms with van der Waals surface area (Å²) in [6.07, 6.45) is -0.137. The van der Waals surface area contributed by atoms with E-state index >= 15 is 0 Å². The molecule has 0 aliphatic rings. The summed E-state index contributed by atoms with van der Waals surface area (Å²) < 4.78 is 5.08. The molecule has 0 aliphatic carbocycles. The Hall–Kier alpha value is -2.45. The number of hydrogen-bond acceptors (Lipinski definition) is 6. The molecule has 0 aliphatic heterocycles. The van der Waals surface area contributed by atoms with Crippen molar-refractivity contribution in [2.75, 3.05) is 6.54 Å². The van der Waals surface area contributed by atoms with E-state index in [4.69, 9.17) is 4.74 Å². The summed E-state index contributed by atoms with van der Waals surface area (Å²) in [7, 11) is 0. The average Bonchev–Trinajstić information content (AvgIpc) is 2.52. The second-order valence-corrected chi connectivity index (χ2v) is 6.99. The third-order valence-corrected chi connectivity index (χ3v) is 3.49.